The molecule has 0 atom stereocenters. The van der Waals surface area contributed by atoms with Crippen molar-refractivity contribution in [2.24, 2.45) is 7.05 Å². The van der Waals surface area contributed by atoms with E-state index in [0.29, 0.717) is 0 Å². The van der Waals surface area contributed by atoms with Crippen molar-refractivity contribution in [3.05, 3.63) is 10.8 Å². The van der Waals surface area contributed by atoms with Gasteiger partial charge in [-0.2, -0.15) is 5.10 Å². The first-order valence-corrected chi connectivity index (χ1v) is 3.40. The summed E-state index contributed by atoms with van der Waals surface area (Å²) < 4.78 is 2.73. The number of aromatic nitrogens is 2. The molecule has 0 bridgehead atoms. The fraction of sp³-hybridized carbons (Fsp3) is 0.400. The van der Waals surface area contributed by atoms with Crippen LogP contribution in [0.1, 0.15) is 0 Å². The van der Waals surface area contributed by atoms with Crippen LogP contribution < -0.4 is 5.32 Å². The van der Waals surface area contributed by atoms with E-state index in [1.807, 2.05) is 14.1 Å². The van der Waals surface area contributed by atoms with Gasteiger partial charge in [0.05, 0.1) is 11.9 Å². The van der Waals surface area contributed by atoms with Crippen molar-refractivity contribution in [2.75, 3.05) is 12.4 Å². The number of anilines is 1. The van der Waals surface area contributed by atoms with Gasteiger partial charge >= 0.3 is 0 Å². The Kier molecular flexibility index (Phi) is 1.75. The second-order valence-electron chi connectivity index (χ2n) is 1.72. The topological polar surface area (TPSA) is 29.9 Å². The van der Waals surface area contributed by atoms with Crippen LogP contribution in [0.2, 0.25) is 0 Å². The smallest absolute Gasteiger partial charge is 0.126 e. The molecule has 0 aliphatic heterocycles. The van der Waals surface area contributed by atoms with Crippen LogP contribution in [0.3, 0.4) is 0 Å². The third kappa shape index (κ3) is 1.08. The molecule has 1 heterocycles. The van der Waals surface area contributed by atoms with Gasteiger partial charge in [0.25, 0.3) is 0 Å². The summed E-state index contributed by atoms with van der Waals surface area (Å²) in [6, 6.07) is 0. The second kappa shape index (κ2) is 2.39. The highest BCUT2D eigenvalue weighted by molar-refractivity contribution is 9.10. The molecule has 0 aromatic carbocycles. The van der Waals surface area contributed by atoms with Gasteiger partial charge < -0.3 is 5.32 Å². The lowest BCUT2D eigenvalue weighted by molar-refractivity contribution is 0.750. The van der Waals surface area contributed by atoms with Crippen LogP contribution in [0, 0.1) is 0 Å². The van der Waals surface area contributed by atoms with Crippen molar-refractivity contribution < 1.29 is 0 Å². The van der Waals surface area contributed by atoms with Crippen molar-refractivity contribution in [1.82, 2.24) is 9.78 Å². The van der Waals surface area contributed by atoms with E-state index < -0.39 is 0 Å². The van der Waals surface area contributed by atoms with Crippen LogP contribution >= 0.6 is 15.9 Å². The van der Waals surface area contributed by atoms with E-state index in [1.54, 1.807) is 10.9 Å². The van der Waals surface area contributed by atoms with E-state index in [-0.39, 0.29) is 0 Å². The lowest BCUT2D eigenvalue weighted by Crippen LogP contribution is -1.90. The Hall–Kier alpha value is -0.510. The molecule has 0 saturated heterocycles. The summed E-state index contributed by atoms with van der Waals surface area (Å²) in [6.45, 7) is 0. The molecule has 0 unspecified atom stereocenters. The first-order chi connectivity index (χ1) is 4.25. The third-order valence-corrected chi connectivity index (χ3v) is 2.08. The highest BCUT2D eigenvalue weighted by Crippen LogP contribution is 2.18. The minimum atomic E-state index is 0.977. The molecule has 1 aromatic heterocycles. The van der Waals surface area contributed by atoms with Gasteiger partial charge in [0.1, 0.15) is 4.60 Å². The number of hydrogen-bond donors (Lipinski definition) is 1. The number of rotatable bonds is 1. The van der Waals surface area contributed by atoms with Crippen LogP contribution in [0.4, 0.5) is 5.69 Å². The highest BCUT2D eigenvalue weighted by atomic mass is 79.9. The standard InChI is InChI=1S/C5H8BrN3/c1-7-4-3-8-9(2)5(4)6/h3,7H,1-2H3. The van der Waals surface area contributed by atoms with Gasteiger partial charge in [-0.3, -0.25) is 4.68 Å². The van der Waals surface area contributed by atoms with Crippen molar-refractivity contribution in [2.45, 2.75) is 0 Å². The quantitative estimate of drug-likeness (QED) is 0.721. The Balaban J connectivity index is 3.04. The van der Waals surface area contributed by atoms with E-state index in [9.17, 15) is 0 Å². The number of aryl methyl sites for hydroxylation is 1. The molecule has 0 fully saturated rings. The van der Waals surface area contributed by atoms with Crippen LogP contribution in [0.5, 0.6) is 0 Å². The molecule has 9 heavy (non-hydrogen) atoms. The molecule has 3 nitrogen and oxygen atoms in total. The Bertz CT molecular complexity index is 206. The molecule has 0 saturated carbocycles. The van der Waals surface area contributed by atoms with E-state index in [0.717, 1.165) is 10.3 Å². The minimum absolute atomic E-state index is 0.977. The van der Waals surface area contributed by atoms with Crippen molar-refractivity contribution in [1.29, 1.82) is 0 Å². The molecule has 50 valence electrons. The lowest BCUT2D eigenvalue weighted by Gasteiger charge is -1.94. The monoisotopic (exact) mass is 189 g/mol. The fourth-order valence-corrected chi connectivity index (χ4v) is 0.983. The van der Waals surface area contributed by atoms with E-state index in [1.165, 1.54) is 0 Å². The number of nitrogens with zero attached hydrogens (tertiary/aromatic N) is 2. The van der Waals surface area contributed by atoms with Gasteiger partial charge in [0.2, 0.25) is 0 Å². The molecule has 0 spiro atoms. The van der Waals surface area contributed by atoms with Gasteiger partial charge in [-0.25, -0.2) is 0 Å². The van der Waals surface area contributed by atoms with Crippen LogP contribution in [-0.4, -0.2) is 16.8 Å². The van der Waals surface area contributed by atoms with Crippen molar-refractivity contribution in [3.8, 4) is 0 Å². The van der Waals surface area contributed by atoms with Crippen molar-refractivity contribution >= 4 is 21.6 Å². The summed E-state index contributed by atoms with van der Waals surface area (Å²) >= 11 is 3.35. The maximum absolute atomic E-state index is 3.99. The number of halogens is 1. The molecule has 0 aliphatic rings. The fourth-order valence-electron chi connectivity index (χ4n) is 0.590. The van der Waals surface area contributed by atoms with Crippen LogP contribution in [0.15, 0.2) is 10.8 Å². The largest absolute Gasteiger partial charge is 0.385 e. The normalized spacial score (nSPS) is 9.67. The first kappa shape index (κ1) is 6.61. The van der Waals surface area contributed by atoms with Crippen molar-refractivity contribution in [3.63, 3.8) is 0 Å². The summed E-state index contributed by atoms with van der Waals surface area (Å²) in [4.78, 5) is 0. The van der Waals surface area contributed by atoms with E-state index in [4.69, 9.17) is 0 Å². The van der Waals surface area contributed by atoms with E-state index in [2.05, 4.69) is 26.3 Å². The average molecular weight is 190 g/mol. The maximum Gasteiger partial charge on any atom is 0.126 e. The first-order valence-electron chi connectivity index (χ1n) is 2.61. The lowest BCUT2D eigenvalue weighted by atomic mass is 10.6. The van der Waals surface area contributed by atoms with Gasteiger partial charge in [-0.15, -0.1) is 0 Å². The van der Waals surface area contributed by atoms with Crippen LogP contribution in [0.25, 0.3) is 0 Å². The SMILES string of the molecule is CNc1cnn(C)c1Br. The number of hydrogen-bond acceptors (Lipinski definition) is 2. The molecule has 1 N–H and O–H groups in total. The molecular weight excluding hydrogens is 182 g/mol. The van der Waals surface area contributed by atoms with Crippen LogP contribution in [-0.2, 0) is 7.05 Å². The summed E-state index contributed by atoms with van der Waals surface area (Å²) in [5.74, 6) is 0. The van der Waals surface area contributed by atoms with E-state index >= 15 is 0 Å². The Morgan fingerprint density at radius 1 is 1.78 bits per heavy atom. The summed E-state index contributed by atoms with van der Waals surface area (Å²) in [6.07, 6.45) is 1.77. The van der Waals surface area contributed by atoms with Gasteiger partial charge in [-0.1, -0.05) is 0 Å². The average Bonchev–Trinajstić information content (AvgIpc) is 2.15. The zero-order valence-corrected chi connectivity index (χ0v) is 6.94. The second-order valence-corrected chi connectivity index (χ2v) is 2.47. The summed E-state index contributed by atoms with van der Waals surface area (Å²) in [5, 5.41) is 6.98. The van der Waals surface area contributed by atoms with Gasteiger partial charge in [0.15, 0.2) is 0 Å². The molecule has 1 rings (SSSR count). The molecule has 4 heteroatoms. The predicted octanol–water partition coefficient (Wildman–Crippen LogP) is 1.22. The molecule has 0 aliphatic carbocycles. The maximum atomic E-state index is 3.99. The Morgan fingerprint density at radius 2 is 2.44 bits per heavy atom. The molecule has 1 aromatic rings. The Morgan fingerprint density at radius 3 is 2.67 bits per heavy atom. The Labute approximate surface area is 62.2 Å². The number of nitrogens with one attached hydrogen (secondary N) is 1. The zero-order chi connectivity index (χ0) is 6.85. The minimum Gasteiger partial charge on any atom is -0.385 e. The van der Waals surface area contributed by atoms with Gasteiger partial charge in [-0.05, 0) is 15.9 Å². The molecule has 0 radical (unpaired) electrons. The third-order valence-electron chi connectivity index (χ3n) is 1.14. The highest BCUT2D eigenvalue weighted by Gasteiger charge is 1.99. The predicted molar refractivity (Wildman–Crippen MR) is 40.5 cm³/mol. The molecular formula is C5H8BrN3. The molecule has 0 amide bonds. The summed E-state index contributed by atoms with van der Waals surface area (Å²) in [7, 11) is 3.74. The van der Waals surface area contributed by atoms with Gasteiger partial charge in [0, 0.05) is 14.1 Å². The zero-order valence-electron chi connectivity index (χ0n) is 5.35. The summed E-state index contributed by atoms with van der Waals surface area (Å²) in [5.41, 5.74) is 1.01.